The first-order chi connectivity index (χ1) is 5.06. The van der Waals surface area contributed by atoms with Gasteiger partial charge >= 0.3 is 0 Å². The van der Waals surface area contributed by atoms with Crippen LogP contribution in [0.5, 0.6) is 0 Å². The summed E-state index contributed by atoms with van der Waals surface area (Å²) in [5, 5.41) is 0. The van der Waals surface area contributed by atoms with Crippen molar-refractivity contribution in [1.82, 2.24) is 4.90 Å². The van der Waals surface area contributed by atoms with Gasteiger partial charge in [-0.2, -0.15) is 0 Å². The molecule has 11 heavy (non-hydrogen) atoms. The fourth-order valence-electron chi connectivity index (χ4n) is 1.56. The quantitative estimate of drug-likeness (QED) is 0.651. The van der Waals surface area contributed by atoms with E-state index in [-0.39, 0.29) is 0 Å². The normalized spacial score (nSPS) is 27.8. The summed E-state index contributed by atoms with van der Waals surface area (Å²) in [7, 11) is 0. The van der Waals surface area contributed by atoms with Gasteiger partial charge < -0.3 is 5.73 Å². The number of nitrogens with two attached hydrogens (primary N) is 1. The molecule has 0 spiro atoms. The van der Waals surface area contributed by atoms with E-state index < -0.39 is 0 Å². The average molecular weight is 156 g/mol. The third-order valence-corrected chi connectivity index (χ3v) is 2.95. The monoisotopic (exact) mass is 156 g/mol. The summed E-state index contributed by atoms with van der Waals surface area (Å²) in [6.45, 7) is 9.10. The molecule has 2 N–H and O–H groups in total. The van der Waals surface area contributed by atoms with Crippen LogP contribution in [0.25, 0.3) is 0 Å². The van der Waals surface area contributed by atoms with Crippen molar-refractivity contribution >= 4 is 0 Å². The molecule has 2 nitrogen and oxygen atoms in total. The van der Waals surface area contributed by atoms with Crippen LogP contribution < -0.4 is 5.73 Å². The van der Waals surface area contributed by atoms with E-state index >= 15 is 0 Å². The Morgan fingerprint density at radius 3 is 2.55 bits per heavy atom. The molecular formula is C9H20N2. The molecular weight excluding hydrogens is 136 g/mol. The number of likely N-dealkylation sites (tertiary alicyclic amines) is 1. The lowest BCUT2D eigenvalue weighted by atomic mass is 10.0. The molecule has 0 aromatic rings. The third-order valence-electron chi connectivity index (χ3n) is 2.95. The summed E-state index contributed by atoms with van der Waals surface area (Å²) in [5.74, 6) is 0. The Kier molecular flexibility index (Phi) is 2.55. The lowest BCUT2D eigenvalue weighted by Crippen LogP contribution is -2.42. The van der Waals surface area contributed by atoms with Crippen LogP contribution in [0.4, 0.5) is 0 Å². The van der Waals surface area contributed by atoms with Crippen molar-refractivity contribution in [2.45, 2.75) is 45.2 Å². The van der Waals surface area contributed by atoms with Crippen molar-refractivity contribution in [2.75, 3.05) is 13.1 Å². The Bertz CT molecular complexity index is 132. The van der Waals surface area contributed by atoms with E-state index in [2.05, 4.69) is 25.7 Å². The van der Waals surface area contributed by atoms with Gasteiger partial charge in [0.1, 0.15) is 0 Å². The van der Waals surface area contributed by atoms with Crippen LogP contribution >= 0.6 is 0 Å². The Hall–Kier alpha value is -0.0800. The highest BCUT2D eigenvalue weighted by atomic mass is 15.2. The maximum Gasteiger partial charge on any atom is 0.0180 e. The topological polar surface area (TPSA) is 29.3 Å². The average Bonchev–Trinajstić information content (AvgIpc) is 2.36. The zero-order chi connectivity index (χ0) is 8.48. The van der Waals surface area contributed by atoms with Gasteiger partial charge in [0.05, 0.1) is 0 Å². The second kappa shape index (κ2) is 3.11. The number of nitrogens with zero attached hydrogens (tertiary/aromatic N) is 1. The molecule has 1 rings (SSSR count). The lowest BCUT2D eigenvalue weighted by molar-refractivity contribution is 0.148. The van der Waals surface area contributed by atoms with Gasteiger partial charge in [-0.15, -0.1) is 0 Å². The van der Waals surface area contributed by atoms with Gasteiger partial charge in [0.2, 0.25) is 0 Å². The van der Waals surface area contributed by atoms with Crippen LogP contribution in [0.2, 0.25) is 0 Å². The van der Waals surface area contributed by atoms with Crippen LogP contribution in [0, 0.1) is 0 Å². The van der Waals surface area contributed by atoms with E-state index in [0.717, 1.165) is 6.54 Å². The highest BCUT2D eigenvalue weighted by molar-refractivity contribution is 4.88. The smallest absolute Gasteiger partial charge is 0.0180 e. The van der Waals surface area contributed by atoms with E-state index in [0.29, 0.717) is 11.6 Å². The summed E-state index contributed by atoms with van der Waals surface area (Å²) in [4.78, 5) is 2.50. The molecule has 0 amide bonds. The SMILES string of the molecule is CCC(C)(C)N1CCC(N)C1. The second-order valence-electron chi connectivity index (χ2n) is 4.16. The van der Waals surface area contributed by atoms with Crippen LogP contribution in [-0.4, -0.2) is 29.6 Å². The van der Waals surface area contributed by atoms with E-state index in [1.54, 1.807) is 0 Å². The molecule has 0 saturated carbocycles. The summed E-state index contributed by atoms with van der Waals surface area (Å²) < 4.78 is 0. The molecule has 0 radical (unpaired) electrons. The van der Waals surface area contributed by atoms with Gasteiger partial charge in [0.15, 0.2) is 0 Å². The molecule has 1 unspecified atom stereocenters. The second-order valence-corrected chi connectivity index (χ2v) is 4.16. The minimum Gasteiger partial charge on any atom is -0.326 e. The number of rotatable bonds is 2. The fourth-order valence-corrected chi connectivity index (χ4v) is 1.56. The predicted octanol–water partition coefficient (Wildman–Crippen LogP) is 1.21. The van der Waals surface area contributed by atoms with Crippen LogP contribution in [0.1, 0.15) is 33.6 Å². The Morgan fingerprint density at radius 1 is 1.55 bits per heavy atom. The standard InChI is InChI=1S/C9H20N2/c1-4-9(2,3)11-6-5-8(10)7-11/h8H,4-7,10H2,1-3H3. The molecule has 0 bridgehead atoms. The minimum atomic E-state index is 0.355. The van der Waals surface area contributed by atoms with Crippen molar-refractivity contribution < 1.29 is 0 Å². The fraction of sp³-hybridized carbons (Fsp3) is 1.00. The molecule has 1 saturated heterocycles. The first-order valence-corrected chi connectivity index (χ1v) is 4.57. The molecule has 1 aliphatic rings. The highest BCUT2D eigenvalue weighted by Crippen LogP contribution is 2.22. The number of hydrogen-bond donors (Lipinski definition) is 1. The van der Waals surface area contributed by atoms with Crippen molar-refractivity contribution in [3.8, 4) is 0 Å². The highest BCUT2D eigenvalue weighted by Gasteiger charge is 2.30. The van der Waals surface area contributed by atoms with E-state index in [1.165, 1.54) is 19.4 Å². The zero-order valence-electron chi connectivity index (χ0n) is 7.93. The lowest BCUT2D eigenvalue weighted by Gasteiger charge is -2.34. The predicted molar refractivity (Wildman–Crippen MR) is 48.5 cm³/mol. The number of hydrogen-bond acceptors (Lipinski definition) is 2. The Morgan fingerprint density at radius 2 is 2.18 bits per heavy atom. The molecule has 1 atom stereocenters. The van der Waals surface area contributed by atoms with Gasteiger partial charge in [0.25, 0.3) is 0 Å². The van der Waals surface area contributed by atoms with Crippen molar-refractivity contribution in [3.63, 3.8) is 0 Å². The molecule has 66 valence electrons. The van der Waals surface area contributed by atoms with Crippen LogP contribution in [0.15, 0.2) is 0 Å². The largest absolute Gasteiger partial charge is 0.326 e. The Balaban J connectivity index is 2.48. The molecule has 1 aliphatic heterocycles. The van der Waals surface area contributed by atoms with E-state index in [4.69, 9.17) is 5.73 Å². The summed E-state index contributed by atoms with van der Waals surface area (Å²) in [6.07, 6.45) is 2.38. The molecule has 0 aromatic carbocycles. The first kappa shape index (κ1) is 9.01. The molecule has 1 heterocycles. The van der Waals surface area contributed by atoms with Gasteiger partial charge in [-0.25, -0.2) is 0 Å². The first-order valence-electron chi connectivity index (χ1n) is 4.57. The summed E-state index contributed by atoms with van der Waals surface area (Å²) >= 11 is 0. The van der Waals surface area contributed by atoms with Crippen LogP contribution in [-0.2, 0) is 0 Å². The molecule has 1 fully saturated rings. The van der Waals surface area contributed by atoms with Crippen molar-refractivity contribution in [3.05, 3.63) is 0 Å². The molecule has 0 aromatic heterocycles. The van der Waals surface area contributed by atoms with Gasteiger partial charge in [0, 0.05) is 24.7 Å². The summed E-state index contributed by atoms with van der Waals surface area (Å²) in [6, 6.07) is 0.417. The summed E-state index contributed by atoms with van der Waals surface area (Å²) in [5.41, 5.74) is 6.19. The molecule has 2 heteroatoms. The van der Waals surface area contributed by atoms with Gasteiger partial charge in [-0.05, 0) is 26.7 Å². The molecule has 0 aliphatic carbocycles. The minimum absolute atomic E-state index is 0.355. The maximum absolute atomic E-state index is 5.83. The van der Waals surface area contributed by atoms with E-state index in [1.807, 2.05) is 0 Å². The van der Waals surface area contributed by atoms with Crippen molar-refractivity contribution in [1.29, 1.82) is 0 Å². The van der Waals surface area contributed by atoms with Crippen molar-refractivity contribution in [2.24, 2.45) is 5.73 Å². The Labute approximate surface area is 69.8 Å². The van der Waals surface area contributed by atoms with E-state index in [9.17, 15) is 0 Å². The zero-order valence-corrected chi connectivity index (χ0v) is 7.93. The van der Waals surface area contributed by atoms with Gasteiger partial charge in [-0.1, -0.05) is 6.92 Å². The van der Waals surface area contributed by atoms with Gasteiger partial charge in [-0.3, -0.25) is 4.90 Å². The third kappa shape index (κ3) is 1.94. The van der Waals surface area contributed by atoms with Crippen LogP contribution in [0.3, 0.4) is 0 Å². The maximum atomic E-state index is 5.83.